The van der Waals surface area contributed by atoms with Crippen LogP contribution < -0.4 is 0 Å². The number of ketones is 1. The van der Waals surface area contributed by atoms with Gasteiger partial charge in [-0.3, -0.25) is 9.59 Å². The molecule has 0 radical (unpaired) electrons. The van der Waals surface area contributed by atoms with Crippen molar-refractivity contribution in [2.24, 2.45) is 17.3 Å². The number of aliphatic hydroxyl groups excluding tert-OH is 2. The number of Topliss-reactive ketones (excluding diaryl/α,β-unsaturated/α-hetero) is 1. The largest absolute Gasteiger partial charge is 0.458 e. The number of cyclic esters (lactones) is 1. The van der Waals surface area contributed by atoms with E-state index in [1.165, 1.54) is 0 Å². The Bertz CT molecular complexity index is 955. The van der Waals surface area contributed by atoms with Gasteiger partial charge < -0.3 is 19.7 Å². The summed E-state index contributed by atoms with van der Waals surface area (Å²) in [5.74, 6) is -1.55. The lowest BCUT2D eigenvalue weighted by Gasteiger charge is -2.34. The summed E-state index contributed by atoms with van der Waals surface area (Å²) in [6, 6.07) is 0. The Morgan fingerprint density at radius 3 is 2.54 bits per heavy atom. The SMILES string of the molecule is C/C(=C\c1csc(C)n1)C1C[C@@H]2OC2(C)CCC[C@H](C)[C@H](O)[C@@H](C)C(=O)C(C)(C)[C@@H](O)CC(=O)O1. The lowest BCUT2D eigenvalue weighted by atomic mass is 9.73. The molecule has 7 atom stereocenters. The van der Waals surface area contributed by atoms with Gasteiger partial charge in [0.2, 0.25) is 0 Å². The second kappa shape index (κ2) is 10.8. The molecule has 1 aromatic heterocycles. The van der Waals surface area contributed by atoms with Gasteiger partial charge in [-0.2, -0.15) is 0 Å². The molecule has 0 saturated carbocycles. The van der Waals surface area contributed by atoms with Crippen molar-refractivity contribution in [2.45, 2.75) is 111 Å². The van der Waals surface area contributed by atoms with Crippen LogP contribution in [0.25, 0.3) is 6.08 Å². The summed E-state index contributed by atoms with van der Waals surface area (Å²) in [7, 11) is 0. The second-order valence-corrected chi connectivity index (χ2v) is 12.3. The molecule has 2 aliphatic rings. The molecule has 2 aliphatic heterocycles. The molecule has 2 saturated heterocycles. The van der Waals surface area contributed by atoms with E-state index in [0.29, 0.717) is 6.42 Å². The zero-order valence-corrected chi connectivity index (χ0v) is 22.9. The minimum atomic E-state index is -1.23. The summed E-state index contributed by atoms with van der Waals surface area (Å²) < 4.78 is 11.9. The fourth-order valence-corrected chi connectivity index (χ4v) is 5.64. The predicted octanol–water partition coefficient (Wildman–Crippen LogP) is 4.48. The highest BCUT2D eigenvalue weighted by atomic mass is 32.1. The first-order valence-electron chi connectivity index (χ1n) is 12.6. The molecule has 3 rings (SSSR count). The zero-order chi connectivity index (χ0) is 26.1. The number of hydrogen-bond acceptors (Lipinski definition) is 8. The van der Waals surface area contributed by atoms with Crippen molar-refractivity contribution in [3.05, 3.63) is 21.7 Å². The molecule has 196 valence electrons. The van der Waals surface area contributed by atoms with E-state index in [2.05, 4.69) is 11.9 Å². The Morgan fingerprint density at radius 2 is 1.91 bits per heavy atom. The monoisotopic (exact) mass is 507 g/mol. The first kappa shape index (κ1) is 28.0. The van der Waals surface area contributed by atoms with E-state index in [9.17, 15) is 19.8 Å². The van der Waals surface area contributed by atoms with E-state index in [1.54, 1.807) is 32.1 Å². The first-order valence-corrected chi connectivity index (χ1v) is 13.5. The van der Waals surface area contributed by atoms with Crippen LogP contribution in [-0.2, 0) is 19.1 Å². The van der Waals surface area contributed by atoms with Crippen LogP contribution in [0, 0.1) is 24.2 Å². The Labute approximate surface area is 212 Å². The normalized spacial score (nSPS) is 37.5. The molecule has 0 aliphatic carbocycles. The minimum absolute atomic E-state index is 0.0455. The molecule has 35 heavy (non-hydrogen) atoms. The topological polar surface area (TPSA) is 109 Å². The fourth-order valence-electron chi connectivity index (χ4n) is 5.07. The maximum Gasteiger partial charge on any atom is 0.309 e. The molecular formula is C27H41NO6S. The number of aryl methyl sites for hydroxylation is 1. The third-order valence-electron chi connectivity index (χ3n) is 7.93. The molecule has 1 aromatic rings. The van der Waals surface area contributed by atoms with Gasteiger partial charge in [-0.15, -0.1) is 11.3 Å². The summed E-state index contributed by atoms with van der Waals surface area (Å²) in [5, 5.41) is 24.6. The molecular weight excluding hydrogens is 466 g/mol. The molecule has 2 unspecified atom stereocenters. The first-order chi connectivity index (χ1) is 16.2. The maximum atomic E-state index is 13.2. The van der Waals surface area contributed by atoms with Crippen LogP contribution in [0.2, 0.25) is 0 Å². The highest BCUT2D eigenvalue weighted by Crippen LogP contribution is 2.45. The molecule has 0 bridgehead atoms. The number of esters is 1. The minimum Gasteiger partial charge on any atom is -0.458 e. The van der Waals surface area contributed by atoms with Gasteiger partial charge in [0.25, 0.3) is 0 Å². The van der Waals surface area contributed by atoms with Gasteiger partial charge in [-0.1, -0.05) is 34.1 Å². The third-order valence-corrected chi connectivity index (χ3v) is 8.72. The van der Waals surface area contributed by atoms with Gasteiger partial charge >= 0.3 is 5.97 Å². The number of epoxide rings is 1. The van der Waals surface area contributed by atoms with E-state index in [1.807, 2.05) is 32.2 Å². The van der Waals surface area contributed by atoms with Crippen LogP contribution in [0.3, 0.4) is 0 Å². The zero-order valence-electron chi connectivity index (χ0n) is 22.0. The van der Waals surface area contributed by atoms with Crippen molar-refractivity contribution in [3.8, 4) is 0 Å². The number of rotatable bonds is 2. The van der Waals surface area contributed by atoms with E-state index >= 15 is 0 Å². The molecule has 2 N–H and O–H groups in total. The van der Waals surface area contributed by atoms with Crippen LogP contribution in [0.4, 0.5) is 0 Å². The number of hydrogen-bond donors (Lipinski definition) is 2. The van der Waals surface area contributed by atoms with Crippen molar-refractivity contribution in [2.75, 3.05) is 0 Å². The van der Waals surface area contributed by atoms with Crippen LogP contribution in [0.1, 0.15) is 84.3 Å². The highest BCUT2D eigenvalue weighted by molar-refractivity contribution is 7.09. The second-order valence-electron chi connectivity index (χ2n) is 11.3. The fraction of sp³-hybridized carbons (Fsp3) is 0.741. The Balaban J connectivity index is 1.85. The summed E-state index contributed by atoms with van der Waals surface area (Å²) in [5.41, 5.74) is 0.179. The molecule has 0 amide bonds. The van der Waals surface area contributed by atoms with Gasteiger partial charge in [0.1, 0.15) is 11.9 Å². The number of carbonyl (C=O) groups excluding carboxylic acids is 2. The quantitative estimate of drug-likeness (QED) is 0.449. The summed E-state index contributed by atoms with van der Waals surface area (Å²) in [4.78, 5) is 30.6. The van der Waals surface area contributed by atoms with Crippen molar-refractivity contribution in [1.29, 1.82) is 0 Å². The lowest BCUT2D eigenvalue weighted by molar-refractivity contribution is -0.154. The van der Waals surface area contributed by atoms with E-state index in [4.69, 9.17) is 9.47 Å². The highest BCUT2D eigenvalue weighted by Gasteiger charge is 2.53. The van der Waals surface area contributed by atoms with Crippen LogP contribution in [0.5, 0.6) is 0 Å². The Kier molecular flexibility index (Phi) is 8.62. The van der Waals surface area contributed by atoms with Crippen molar-refractivity contribution < 1.29 is 29.3 Å². The number of aromatic nitrogens is 1. The summed E-state index contributed by atoms with van der Waals surface area (Å²) in [6.07, 6.45) is 1.98. The molecule has 2 fully saturated rings. The van der Waals surface area contributed by atoms with Gasteiger partial charge in [-0.05, 0) is 51.2 Å². The lowest BCUT2D eigenvalue weighted by Crippen LogP contribution is -2.45. The van der Waals surface area contributed by atoms with Crippen molar-refractivity contribution in [3.63, 3.8) is 0 Å². The number of ether oxygens (including phenoxy) is 2. The third kappa shape index (κ3) is 6.59. The molecule has 0 aromatic carbocycles. The number of aliphatic hydroxyl groups is 2. The van der Waals surface area contributed by atoms with Crippen LogP contribution in [-0.4, -0.2) is 57.0 Å². The number of thiazole rings is 1. The predicted molar refractivity (Wildman–Crippen MR) is 136 cm³/mol. The van der Waals surface area contributed by atoms with E-state index in [-0.39, 0.29) is 29.8 Å². The number of carbonyl (C=O) groups is 2. The molecule has 7 nitrogen and oxygen atoms in total. The number of nitrogens with zero attached hydrogens (tertiary/aromatic N) is 1. The van der Waals surface area contributed by atoms with Crippen LogP contribution in [0.15, 0.2) is 11.0 Å². The van der Waals surface area contributed by atoms with Gasteiger partial charge in [0, 0.05) is 17.7 Å². The van der Waals surface area contributed by atoms with E-state index < -0.39 is 35.6 Å². The average Bonchev–Trinajstić information content (AvgIpc) is 3.22. The standard InChI is InChI=1S/C27H41NO6S/c1-15-9-8-10-27(7)22(34-27)12-20(16(2)11-19-14-35-18(4)28-19)33-23(30)13-21(29)26(5,6)25(32)17(3)24(15)31/h11,14-15,17,20-22,24,29,31H,8-10,12-13H2,1-7H3/b16-11+/t15-,17+,20?,21-,22-,24-,27?/m0/s1. The summed E-state index contributed by atoms with van der Waals surface area (Å²) >= 11 is 1.56. The Morgan fingerprint density at radius 1 is 1.23 bits per heavy atom. The van der Waals surface area contributed by atoms with Gasteiger partial charge in [0.05, 0.1) is 46.5 Å². The maximum absolute atomic E-state index is 13.2. The molecule has 0 spiro atoms. The number of fused-ring (bicyclic) bond motifs is 1. The average molecular weight is 508 g/mol. The van der Waals surface area contributed by atoms with Crippen LogP contribution >= 0.6 is 11.3 Å². The van der Waals surface area contributed by atoms with E-state index in [0.717, 1.165) is 35.5 Å². The summed E-state index contributed by atoms with van der Waals surface area (Å²) in [6.45, 7) is 12.8. The van der Waals surface area contributed by atoms with Crippen molar-refractivity contribution >= 4 is 29.2 Å². The molecule has 8 heteroatoms. The molecule has 3 heterocycles. The van der Waals surface area contributed by atoms with Gasteiger partial charge in [0.15, 0.2) is 0 Å². The smallest absolute Gasteiger partial charge is 0.309 e. The Hall–Kier alpha value is -1.61. The van der Waals surface area contributed by atoms with Crippen molar-refractivity contribution in [1.82, 2.24) is 4.98 Å². The van der Waals surface area contributed by atoms with Gasteiger partial charge in [-0.25, -0.2) is 4.98 Å².